The molecular weight excluding hydrogens is 310 g/mol. The summed E-state index contributed by atoms with van der Waals surface area (Å²) in [5.41, 5.74) is -0.0206. The van der Waals surface area contributed by atoms with Gasteiger partial charge in [0, 0.05) is 6.26 Å². The smallest absolute Gasteiger partial charge is 0.326 e. The Morgan fingerprint density at radius 1 is 1.36 bits per heavy atom. The van der Waals surface area contributed by atoms with Crippen molar-refractivity contribution in [1.29, 1.82) is 0 Å². The maximum absolute atomic E-state index is 12.2. The van der Waals surface area contributed by atoms with Gasteiger partial charge in [0.25, 0.3) is 5.91 Å². The summed E-state index contributed by atoms with van der Waals surface area (Å²) in [5.74, 6) is -1.66. The number of carboxylic acid groups (broad SMARTS) is 1. The number of amides is 1. The van der Waals surface area contributed by atoms with E-state index in [0.29, 0.717) is 6.42 Å². The summed E-state index contributed by atoms with van der Waals surface area (Å²) < 4.78 is 28.2. The van der Waals surface area contributed by atoms with Gasteiger partial charge in [-0.15, -0.1) is 0 Å². The first-order chi connectivity index (χ1) is 10.2. The Labute approximate surface area is 129 Å². The second-order valence-electron chi connectivity index (χ2n) is 4.79. The maximum atomic E-state index is 12.2. The van der Waals surface area contributed by atoms with Gasteiger partial charge in [0.1, 0.15) is 11.8 Å². The van der Waals surface area contributed by atoms with Gasteiger partial charge < -0.3 is 15.2 Å². The van der Waals surface area contributed by atoms with Gasteiger partial charge >= 0.3 is 5.97 Å². The molecule has 1 amide bonds. The number of carbonyl (C=O) groups is 2. The molecule has 0 fully saturated rings. The topological polar surface area (TPSA) is 110 Å². The molecule has 22 heavy (non-hydrogen) atoms. The standard InChI is InChI=1S/C14H19NO6S/c1-4-5-11(14(17)18)15-13(16)10-8-9(22(3,19)20)6-7-12(10)21-2/h6-8,11H,4-5H2,1-3H3,(H,15,16)(H,17,18). The number of rotatable bonds is 7. The zero-order valence-corrected chi connectivity index (χ0v) is 13.4. The molecule has 2 N–H and O–H groups in total. The molecule has 1 unspecified atom stereocenters. The average molecular weight is 329 g/mol. The molecule has 122 valence electrons. The van der Waals surface area contributed by atoms with Gasteiger partial charge in [-0.1, -0.05) is 13.3 Å². The molecule has 0 heterocycles. The lowest BCUT2D eigenvalue weighted by Gasteiger charge is -2.15. The summed E-state index contributed by atoms with van der Waals surface area (Å²) in [6, 6.07) is 2.82. The van der Waals surface area contributed by atoms with Crippen molar-refractivity contribution in [3.63, 3.8) is 0 Å². The highest BCUT2D eigenvalue weighted by Gasteiger charge is 2.23. The van der Waals surface area contributed by atoms with Crippen LogP contribution in [0.25, 0.3) is 0 Å². The van der Waals surface area contributed by atoms with Gasteiger partial charge in [0.2, 0.25) is 0 Å². The van der Waals surface area contributed by atoms with Crippen molar-refractivity contribution < 1.29 is 27.9 Å². The third kappa shape index (κ3) is 4.45. The third-order valence-electron chi connectivity index (χ3n) is 3.02. The molecule has 0 saturated carbocycles. The van der Waals surface area contributed by atoms with Crippen molar-refractivity contribution in [3.05, 3.63) is 23.8 Å². The Bertz CT molecular complexity index is 668. The summed E-state index contributed by atoms with van der Waals surface area (Å²) in [7, 11) is -2.15. The third-order valence-corrected chi connectivity index (χ3v) is 4.13. The van der Waals surface area contributed by atoms with Gasteiger partial charge in [0.15, 0.2) is 9.84 Å². The number of aliphatic carboxylic acids is 1. The molecule has 0 spiro atoms. The molecule has 7 nitrogen and oxygen atoms in total. The van der Waals surface area contributed by atoms with Gasteiger partial charge in [-0.3, -0.25) is 4.79 Å². The summed E-state index contributed by atoms with van der Waals surface area (Å²) in [6.45, 7) is 1.80. The highest BCUT2D eigenvalue weighted by Crippen LogP contribution is 2.22. The predicted molar refractivity (Wildman–Crippen MR) is 79.9 cm³/mol. The first-order valence-corrected chi connectivity index (χ1v) is 8.51. The van der Waals surface area contributed by atoms with Crippen molar-refractivity contribution in [2.24, 2.45) is 0 Å². The molecule has 1 aromatic carbocycles. The Kier molecular flexibility index (Phi) is 5.92. The Morgan fingerprint density at radius 3 is 2.45 bits per heavy atom. The lowest BCUT2D eigenvalue weighted by molar-refractivity contribution is -0.139. The van der Waals surface area contributed by atoms with E-state index in [1.165, 1.54) is 25.3 Å². The van der Waals surface area contributed by atoms with E-state index in [4.69, 9.17) is 9.84 Å². The number of carbonyl (C=O) groups excluding carboxylic acids is 1. The highest BCUT2D eigenvalue weighted by atomic mass is 32.2. The van der Waals surface area contributed by atoms with Crippen LogP contribution in [0.1, 0.15) is 30.1 Å². The van der Waals surface area contributed by atoms with E-state index < -0.39 is 27.8 Å². The second-order valence-corrected chi connectivity index (χ2v) is 6.80. The van der Waals surface area contributed by atoms with Crippen molar-refractivity contribution >= 4 is 21.7 Å². The molecule has 1 atom stereocenters. The SMILES string of the molecule is CCCC(NC(=O)c1cc(S(C)(=O)=O)ccc1OC)C(=O)O. The van der Waals surface area contributed by atoms with E-state index in [2.05, 4.69) is 5.32 Å². The zero-order valence-electron chi connectivity index (χ0n) is 12.6. The first kappa shape index (κ1) is 18.0. The van der Waals surface area contributed by atoms with E-state index in [-0.39, 0.29) is 22.6 Å². The number of ether oxygens (including phenoxy) is 1. The summed E-state index contributed by atoms with van der Waals surface area (Å²) in [5, 5.41) is 11.4. The molecule has 1 aromatic rings. The average Bonchev–Trinajstić information content (AvgIpc) is 2.44. The van der Waals surface area contributed by atoms with Crippen LogP contribution in [0.5, 0.6) is 5.75 Å². The van der Waals surface area contributed by atoms with Crippen molar-refractivity contribution in [2.75, 3.05) is 13.4 Å². The van der Waals surface area contributed by atoms with Crippen LogP contribution in [0.15, 0.2) is 23.1 Å². The maximum Gasteiger partial charge on any atom is 0.326 e. The highest BCUT2D eigenvalue weighted by molar-refractivity contribution is 7.90. The Balaban J connectivity index is 3.17. The van der Waals surface area contributed by atoms with E-state index in [9.17, 15) is 18.0 Å². The molecule has 1 rings (SSSR count). The number of nitrogens with one attached hydrogen (secondary N) is 1. The van der Waals surface area contributed by atoms with E-state index in [1.807, 2.05) is 0 Å². The molecule has 0 radical (unpaired) electrons. The largest absolute Gasteiger partial charge is 0.496 e. The normalized spacial score (nSPS) is 12.5. The monoisotopic (exact) mass is 329 g/mol. The summed E-state index contributed by atoms with van der Waals surface area (Å²) in [4.78, 5) is 23.3. The number of hydrogen-bond acceptors (Lipinski definition) is 5. The van der Waals surface area contributed by atoms with Crippen LogP contribution in [0.3, 0.4) is 0 Å². The molecule has 0 aliphatic heterocycles. The van der Waals surface area contributed by atoms with E-state index >= 15 is 0 Å². The van der Waals surface area contributed by atoms with Crippen LogP contribution in [0, 0.1) is 0 Å². The van der Waals surface area contributed by atoms with Crippen molar-refractivity contribution in [1.82, 2.24) is 5.32 Å². The predicted octanol–water partition coefficient (Wildman–Crippen LogP) is 1.08. The number of benzene rings is 1. The van der Waals surface area contributed by atoms with Gasteiger partial charge in [0.05, 0.1) is 17.6 Å². The molecule has 0 aliphatic rings. The molecule has 8 heteroatoms. The Morgan fingerprint density at radius 2 is 2.00 bits per heavy atom. The number of carboxylic acids is 1. The minimum atomic E-state index is -3.49. The van der Waals surface area contributed by atoms with Crippen molar-refractivity contribution in [2.45, 2.75) is 30.7 Å². The van der Waals surface area contributed by atoms with Gasteiger partial charge in [-0.2, -0.15) is 0 Å². The van der Waals surface area contributed by atoms with Crippen LogP contribution < -0.4 is 10.1 Å². The van der Waals surface area contributed by atoms with Crippen LogP contribution in [-0.4, -0.2) is 44.8 Å². The van der Waals surface area contributed by atoms with E-state index in [1.54, 1.807) is 6.92 Å². The molecular formula is C14H19NO6S. The fourth-order valence-electron chi connectivity index (χ4n) is 1.88. The van der Waals surface area contributed by atoms with Crippen LogP contribution >= 0.6 is 0 Å². The quantitative estimate of drug-likeness (QED) is 0.774. The molecule has 0 aromatic heterocycles. The lowest BCUT2D eigenvalue weighted by Crippen LogP contribution is -2.40. The number of hydrogen-bond donors (Lipinski definition) is 2. The van der Waals surface area contributed by atoms with Crippen LogP contribution in [-0.2, 0) is 14.6 Å². The summed E-state index contributed by atoms with van der Waals surface area (Å²) >= 11 is 0. The fourth-order valence-corrected chi connectivity index (χ4v) is 2.52. The number of sulfone groups is 1. The van der Waals surface area contributed by atoms with E-state index in [0.717, 1.165) is 6.26 Å². The summed E-state index contributed by atoms with van der Waals surface area (Å²) in [6.07, 6.45) is 1.88. The minimum absolute atomic E-state index is 0.0206. The van der Waals surface area contributed by atoms with Crippen molar-refractivity contribution in [3.8, 4) is 5.75 Å². The Hall–Kier alpha value is -2.09. The molecule has 0 aliphatic carbocycles. The zero-order chi connectivity index (χ0) is 16.9. The van der Waals surface area contributed by atoms with Gasteiger partial charge in [-0.05, 0) is 24.6 Å². The van der Waals surface area contributed by atoms with Crippen LogP contribution in [0.2, 0.25) is 0 Å². The second kappa shape index (κ2) is 7.26. The lowest BCUT2D eigenvalue weighted by atomic mass is 10.1. The molecule has 0 saturated heterocycles. The first-order valence-electron chi connectivity index (χ1n) is 6.62. The fraction of sp³-hybridized carbons (Fsp3) is 0.429. The molecule has 0 bridgehead atoms. The van der Waals surface area contributed by atoms with Gasteiger partial charge in [-0.25, -0.2) is 13.2 Å². The minimum Gasteiger partial charge on any atom is -0.496 e. The number of methoxy groups -OCH3 is 1. The van der Waals surface area contributed by atoms with Crippen LogP contribution in [0.4, 0.5) is 0 Å².